The summed E-state index contributed by atoms with van der Waals surface area (Å²) in [5.41, 5.74) is 1.37. The van der Waals surface area contributed by atoms with Crippen molar-refractivity contribution in [2.45, 2.75) is 101 Å². The third kappa shape index (κ3) is 5.67. The number of esters is 1. The fraction of sp³-hybridized carbons (Fsp3) is 0.548. The summed E-state index contributed by atoms with van der Waals surface area (Å²) >= 11 is 0. The normalized spacial score (nSPS) is 26.4. The molecule has 2 aliphatic carbocycles. The number of benzene rings is 1. The lowest BCUT2D eigenvalue weighted by molar-refractivity contribution is -0.161. The van der Waals surface area contributed by atoms with Gasteiger partial charge in [-0.15, -0.1) is 10.8 Å². The summed E-state index contributed by atoms with van der Waals surface area (Å²) in [7, 11) is -3.18. The number of nitrogens with one attached hydrogen (secondary N) is 2. The first-order chi connectivity index (χ1) is 20.5. The highest BCUT2D eigenvalue weighted by molar-refractivity contribution is 8.22. The van der Waals surface area contributed by atoms with Crippen molar-refractivity contribution in [1.82, 2.24) is 19.1 Å². The zero-order valence-corrected chi connectivity index (χ0v) is 25.7. The van der Waals surface area contributed by atoms with Crippen LogP contribution in [0, 0.1) is 23.2 Å². The van der Waals surface area contributed by atoms with Crippen molar-refractivity contribution in [2.75, 3.05) is 5.32 Å². The van der Waals surface area contributed by atoms with Crippen LogP contribution in [-0.2, 0) is 16.1 Å². The molecule has 4 N–H and O–H groups in total. The van der Waals surface area contributed by atoms with Crippen molar-refractivity contribution in [1.29, 1.82) is 5.26 Å². The molecule has 1 aromatic carbocycles. The number of fused-ring (bicyclic) bond motifs is 2. The average molecular weight is 609 g/mol. The lowest BCUT2D eigenvalue weighted by Gasteiger charge is -2.44. The molecular formula is C31H40N6O5S. The quantitative estimate of drug-likeness (QED) is 0.239. The Morgan fingerprint density at radius 2 is 1.88 bits per heavy atom. The van der Waals surface area contributed by atoms with E-state index in [1.807, 2.05) is 37.6 Å². The predicted octanol–water partition coefficient (Wildman–Crippen LogP) is 6.46. The van der Waals surface area contributed by atoms with Gasteiger partial charge >= 0.3 is 5.97 Å². The molecule has 0 unspecified atom stereocenters. The summed E-state index contributed by atoms with van der Waals surface area (Å²) in [5, 5.41) is 18.3. The van der Waals surface area contributed by atoms with E-state index in [-0.39, 0.29) is 35.4 Å². The first-order valence-electron chi connectivity index (χ1n) is 15.1. The number of carbonyl (C=O) groups excluding carboxylic acids is 1. The molecule has 1 aliphatic heterocycles. The smallest absolute Gasteiger partial charge is 0.309 e. The number of ether oxygens (including phenoxy) is 1. The number of rotatable bonds is 5. The Morgan fingerprint density at radius 3 is 2.60 bits per heavy atom. The van der Waals surface area contributed by atoms with Gasteiger partial charge in [-0.3, -0.25) is 23.4 Å². The highest BCUT2D eigenvalue weighted by Crippen LogP contribution is 2.61. The predicted molar refractivity (Wildman–Crippen MR) is 165 cm³/mol. The number of aromatic amines is 1. The van der Waals surface area contributed by atoms with Crippen molar-refractivity contribution in [3.05, 3.63) is 46.4 Å². The highest BCUT2D eigenvalue weighted by atomic mass is 32.3. The third-order valence-corrected chi connectivity index (χ3v) is 11.0. The van der Waals surface area contributed by atoms with E-state index in [1.54, 1.807) is 22.6 Å². The van der Waals surface area contributed by atoms with E-state index in [0.717, 1.165) is 31.2 Å². The number of carbonyl (C=O) groups is 1. The molecule has 43 heavy (non-hydrogen) atoms. The molecule has 3 heterocycles. The molecule has 6 rings (SSSR count). The molecule has 2 aromatic heterocycles. The first-order valence-corrected chi connectivity index (χ1v) is 16.6. The van der Waals surface area contributed by atoms with Crippen LogP contribution < -0.4 is 10.9 Å². The first kappa shape index (κ1) is 29.7. The van der Waals surface area contributed by atoms with Crippen LogP contribution in [0.4, 0.5) is 11.5 Å². The van der Waals surface area contributed by atoms with Crippen LogP contribution >= 0.6 is 10.8 Å². The van der Waals surface area contributed by atoms with E-state index in [4.69, 9.17) is 9.84 Å². The van der Waals surface area contributed by atoms with E-state index < -0.39 is 16.4 Å². The largest absolute Gasteiger partial charge is 0.460 e. The molecule has 0 spiro atoms. The van der Waals surface area contributed by atoms with Gasteiger partial charge in [0.05, 0.1) is 34.4 Å². The molecule has 230 valence electrons. The monoisotopic (exact) mass is 608 g/mol. The van der Waals surface area contributed by atoms with Gasteiger partial charge in [-0.25, -0.2) is 0 Å². The Hall–Kier alpha value is -3.37. The number of H-pyrrole nitrogens is 1. The van der Waals surface area contributed by atoms with E-state index in [1.165, 1.54) is 0 Å². The molecule has 12 heteroatoms. The number of nitriles is 1. The topological polar surface area (TPSA) is 156 Å². The van der Waals surface area contributed by atoms with Gasteiger partial charge in [0.25, 0.3) is 5.56 Å². The van der Waals surface area contributed by atoms with Gasteiger partial charge in [0.1, 0.15) is 11.0 Å². The van der Waals surface area contributed by atoms with Crippen molar-refractivity contribution < 1.29 is 18.6 Å². The van der Waals surface area contributed by atoms with Crippen LogP contribution in [0.25, 0.3) is 10.9 Å². The zero-order chi connectivity index (χ0) is 30.5. The van der Waals surface area contributed by atoms with Crippen molar-refractivity contribution >= 4 is 39.2 Å². The Kier molecular flexibility index (Phi) is 7.79. The Morgan fingerprint density at radius 1 is 1.14 bits per heavy atom. The van der Waals surface area contributed by atoms with Gasteiger partial charge in [-0.2, -0.15) is 14.7 Å². The lowest BCUT2D eigenvalue weighted by Crippen LogP contribution is -2.38. The van der Waals surface area contributed by atoms with Crippen LogP contribution in [-0.4, -0.2) is 45.8 Å². The summed E-state index contributed by atoms with van der Waals surface area (Å²) in [5.74, 6) is -0.119. The van der Waals surface area contributed by atoms with Gasteiger partial charge in [0.15, 0.2) is 5.82 Å². The van der Waals surface area contributed by atoms with Crippen molar-refractivity contribution in [2.24, 2.45) is 11.8 Å². The fourth-order valence-electron chi connectivity index (χ4n) is 6.88. The second-order valence-corrected chi connectivity index (χ2v) is 15.0. The number of hydrogen-bond donors (Lipinski definition) is 4. The van der Waals surface area contributed by atoms with Gasteiger partial charge in [-0.05, 0) is 89.1 Å². The summed E-state index contributed by atoms with van der Waals surface area (Å²) < 4.78 is 31.8. The Balaban J connectivity index is 1.22. The molecule has 0 radical (unpaired) electrons. The minimum atomic E-state index is -3.18. The molecule has 0 amide bonds. The number of nitrogens with zero attached hydrogens (tertiary/aromatic N) is 4. The average Bonchev–Trinajstić information content (AvgIpc) is 3.46. The molecule has 11 nitrogen and oxygen atoms in total. The molecular weight excluding hydrogens is 568 g/mol. The van der Waals surface area contributed by atoms with Gasteiger partial charge in [-0.1, -0.05) is 12.8 Å². The van der Waals surface area contributed by atoms with Crippen molar-refractivity contribution in [3.63, 3.8) is 0 Å². The molecule has 0 bridgehead atoms. The number of aromatic nitrogens is 3. The van der Waals surface area contributed by atoms with Crippen LogP contribution in [0.2, 0.25) is 0 Å². The van der Waals surface area contributed by atoms with Gasteiger partial charge in [0, 0.05) is 24.5 Å². The van der Waals surface area contributed by atoms with Crippen LogP contribution in [0.5, 0.6) is 0 Å². The van der Waals surface area contributed by atoms with E-state index in [0.29, 0.717) is 59.5 Å². The third-order valence-electron chi connectivity index (χ3n) is 8.96. The van der Waals surface area contributed by atoms with E-state index in [9.17, 15) is 24.0 Å². The lowest BCUT2D eigenvalue weighted by atomic mass is 9.85. The Labute approximate surface area is 252 Å². The van der Waals surface area contributed by atoms with Crippen LogP contribution in [0.15, 0.2) is 40.2 Å². The maximum atomic E-state index is 12.9. The fourth-order valence-corrected chi connectivity index (χ4v) is 8.81. The molecule has 3 aromatic rings. The van der Waals surface area contributed by atoms with E-state index in [2.05, 4.69) is 16.4 Å². The minimum absolute atomic E-state index is 0.0609. The summed E-state index contributed by atoms with van der Waals surface area (Å²) in [6.07, 6.45) is 7.90. The SMILES string of the molecule is CC(C)(C)OC(=O)C1CCC(N2Cc3cc(Nc4nn([C@H]5CCCC[C@@H]5C#N)c5cc[nH]c(=O)c45)ccc3S2(O)O)CC1. The second kappa shape index (κ2) is 11.3. The van der Waals surface area contributed by atoms with Crippen molar-refractivity contribution in [3.8, 4) is 6.07 Å². The van der Waals surface area contributed by atoms with Gasteiger partial charge in [0.2, 0.25) is 0 Å². The van der Waals surface area contributed by atoms with Crippen LogP contribution in [0.1, 0.15) is 83.7 Å². The summed E-state index contributed by atoms with van der Waals surface area (Å²) in [6, 6.07) is 9.48. The molecule has 2 atom stereocenters. The molecule has 3 aliphatic rings. The number of anilines is 2. The van der Waals surface area contributed by atoms with Gasteiger partial charge < -0.3 is 15.0 Å². The summed E-state index contributed by atoms with van der Waals surface area (Å²) in [4.78, 5) is 28.8. The number of hydrogen-bond acceptors (Lipinski definition) is 9. The summed E-state index contributed by atoms with van der Waals surface area (Å²) in [6.45, 7) is 5.96. The minimum Gasteiger partial charge on any atom is -0.460 e. The second-order valence-electron chi connectivity index (χ2n) is 13.0. The maximum absolute atomic E-state index is 12.9. The molecule has 2 fully saturated rings. The highest BCUT2D eigenvalue weighted by Gasteiger charge is 2.42. The van der Waals surface area contributed by atoms with E-state index >= 15 is 0 Å². The zero-order valence-electron chi connectivity index (χ0n) is 24.9. The molecule has 2 saturated carbocycles. The standard InChI is InChI=1S/C31H40N6O5S/c1-31(2,3)42-30(39)19-8-11-23(12-9-19)36-18-21-16-22(10-13-26(21)43(36,40)41)34-28-27-25(14-15-33-29(27)38)37(35-28)24-7-5-4-6-20(24)17-32/h10,13-16,19-20,23-24,40-41H,4-9,11-12,18H2,1-3H3,(H,33,38)(H,34,35)/t19?,20-,23?,24+/m1/s1. The van der Waals surface area contributed by atoms with Crippen LogP contribution in [0.3, 0.4) is 0 Å². The molecule has 0 saturated heterocycles. The Bertz CT molecular complexity index is 1630. The maximum Gasteiger partial charge on any atom is 0.309 e. The number of pyridine rings is 1.